The number of aromatic amines is 1. The Hall–Kier alpha value is -1.40. The van der Waals surface area contributed by atoms with Crippen molar-refractivity contribution in [3.8, 4) is 0 Å². The van der Waals surface area contributed by atoms with Crippen LogP contribution in [0.5, 0.6) is 0 Å². The van der Waals surface area contributed by atoms with Gasteiger partial charge in [-0.25, -0.2) is 4.79 Å². The molecule has 6 heteroatoms. The number of nitrogens with zero attached hydrogens (tertiary/aromatic N) is 1. The molecule has 0 aliphatic carbocycles. The third kappa shape index (κ3) is 1.81. The van der Waals surface area contributed by atoms with Crippen LogP contribution >= 0.6 is 0 Å². The van der Waals surface area contributed by atoms with E-state index in [1.165, 1.54) is 16.8 Å². The molecule has 0 spiro atoms. The van der Waals surface area contributed by atoms with Crippen LogP contribution in [0.2, 0.25) is 0 Å². The fourth-order valence-corrected chi connectivity index (χ4v) is 2.07. The quantitative estimate of drug-likeness (QED) is 0.682. The molecule has 2 rings (SSSR count). The molecule has 1 saturated heterocycles. The second kappa shape index (κ2) is 3.57. The Bertz CT molecular complexity index is 502. The zero-order chi connectivity index (χ0) is 11.9. The van der Waals surface area contributed by atoms with Gasteiger partial charge in [0.2, 0.25) is 0 Å². The minimum absolute atomic E-state index is 0.126. The molecular weight excluding hydrogens is 212 g/mol. The molecule has 1 aromatic heterocycles. The first-order valence-electron chi connectivity index (χ1n) is 5.09. The van der Waals surface area contributed by atoms with Crippen LogP contribution in [-0.2, 0) is 4.74 Å². The summed E-state index contributed by atoms with van der Waals surface area (Å²) in [5, 5.41) is 10.1. The van der Waals surface area contributed by atoms with Crippen LogP contribution in [-0.4, -0.2) is 26.4 Å². The van der Waals surface area contributed by atoms with E-state index in [1.807, 2.05) is 6.92 Å². The van der Waals surface area contributed by atoms with Crippen molar-refractivity contribution in [1.82, 2.24) is 9.55 Å². The molecule has 88 valence electrons. The number of nitrogens with one attached hydrogen (secondary N) is 1. The van der Waals surface area contributed by atoms with Crippen molar-refractivity contribution in [3.05, 3.63) is 33.1 Å². The predicted molar refractivity (Wildman–Crippen MR) is 56.1 cm³/mol. The second-order valence-electron chi connectivity index (χ2n) is 4.38. The van der Waals surface area contributed by atoms with E-state index in [1.54, 1.807) is 6.92 Å². The smallest absolute Gasteiger partial charge is 0.330 e. The van der Waals surface area contributed by atoms with E-state index in [0.29, 0.717) is 6.42 Å². The van der Waals surface area contributed by atoms with Gasteiger partial charge in [-0.15, -0.1) is 0 Å². The number of hydrogen-bond donors (Lipinski definition) is 2. The Morgan fingerprint density at radius 1 is 1.62 bits per heavy atom. The van der Waals surface area contributed by atoms with Crippen molar-refractivity contribution in [1.29, 1.82) is 0 Å². The van der Waals surface area contributed by atoms with Crippen LogP contribution in [0, 0.1) is 0 Å². The molecule has 0 radical (unpaired) electrons. The maximum Gasteiger partial charge on any atom is 0.330 e. The Balaban J connectivity index is 2.45. The minimum atomic E-state index is -1.11. The molecule has 1 aliphatic rings. The lowest BCUT2D eigenvalue weighted by Gasteiger charge is -2.24. The molecule has 2 N–H and O–H groups in total. The summed E-state index contributed by atoms with van der Waals surface area (Å²) in [4.78, 5) is 24.6. The Morgan fingerprint density at radius 2 is 2.31 bits per heavy atom. The Morgan fingerprint density at radius 3 is 2.81 bits per heavy atom. The van der Waals surface area contributed by atoms with Crippen molar-refractivity contribution in [2.45, 2.75) is 38.2 Å². The summed E-state index contributed by atoms with van der Waals surface area (Å²) < 4.78 is 6.67. The van der Waals surface area contributed by atoms with Crippen LogP contribution < -0.4 is 11.2 Å². The standard InChI is InChI=1S/C10H14N2O4/c1-6-5-10(2,15)8(16-6)12-4-3-7(13)11-9(12)14/h3-4,6,8,15H,5H2,1-2H3,(H,11,13,14)/t6-,8-,10+/m1/s1. The van der Waals surface area contributed by atoms with Crippen LogP contribution in [0.25, 0.3) is 0 Å². The number of aromatic nitrogens is 2. The van der Waals surface area contributed by atoms with Crippen molar-refractivity contribution in [3.63, 3.8) is 0 Å². The molecule has 0 aromatic carbocycles. The first-order valence-corrected chi connectivity index (χ1v) is 5.09. The van der Waals surface area contributed by atoms with Gasteiger partial charge in [0, 0.05) is 18.7 Å². The van der Waals surface area contributed by atoms with Gasteiger partial charge in [-0.1, -0.05) is 0 Å². The molecule has 1 aliphatic heterocycles. The molecule has 0 bridgehead atoms. The van der Waals surface area contributed by atoms with Gasteiger partial charge < -0.3 is 9.84 Å². The molecule has 1 fully saturated rings. The predicted octanol–water partition coefficient (Wildman–Crippen LogP) is -0.405. The zero-order valence-electron chi connectivity index (χ0n) is 9.14. The van der Waals surface area contributed by atoms with E-state index >= 15 is 0 Å². The largest absolute Gasteiger partial charge is 0.385 e. The third-order valence-corrected chi connectivity index (χ3v) is 2.70. The summed E-state index contributed by atoms with van der Waals surface area (Å²) in [5.74, 6) is 0. The number of H-pyrrole nitrogens is 1. The number of hydrogen-bond acceptors (Lipinski definition) is 4. The van der Waals surface area contributed by atoms with Crippen LogP contribution in [0.3, 0.4) is 0 Å². The molecule has 0 unspecified atom stereocenters. The van der Waals surface area contributed by atoms with E-state index in [-0.39, 0.29) is 6.10 Å². The van der Waals surface area contributed by atoms with Crippen LogP contribution in [0.4, 0.5) is 0 Å². The molecule has 6 nitrogen and oxygen atoms in total. The van der Waals surface area contributed by atoms with E-state index in [2.05, 4.69) is 4.98 Å². The maximum atomic E-state index is 11.5. The summed E-state index contributed by atoms with van der Waals surface area (Å²) in [7, 11) is 0. The molecular formula is C10H14N2O4. The van der Waals surface area contributed by atoms with Crippen molar-refractivity contribution in [2.24, 2.45) is 0 Å². The van der Waals surface area contributed by atoms with Gasteiger partial charge in [-0.2, -0.15) is 0 Å². The van der Waals surface area contributed by atoms with Gasteiger partial charge in [0.05, 0.1) is 6.10 Å². The Kier molecular flexibility index (Phi) is 2.47. The van der Waals surface area contributed by atoms with Gasteiger partial charge in [-0.05, 0) is 13.8 Å². The first-order chi connectivity index (χ1) is 7.40. The van der Waals surface area contributed by atoms with Crippen molar-refractivity contribution < 1.29 is 9.84 Å². The molecule has 3 atom stereocenters. The van der Waals surface area contributed by atoms with Crippen molar-refractivity contribution >= 4 is 0 Å². The van der Waals surface area contributed by atoms with Gasteiger partial charge in [0.1, 0.15) is 5.60 Å². The van der Waals surface area contributed by atoms with E-state index in [4.69, 9.17) is 4.74 Å². The molecule has 2 heterocycles. The number of ether oxygens (including phenoxy) is 1. The summed E-state index contributed by atoms with van der Waals surface area (Å²) >= 11 is 0. The summed E-state index contributed by atoms with van der Waals surface area (Å²) in [6.07, 6.45) is 0.896. The van der Waals surface area contributed by atoms with Gasteiger partial charge in [0.25, 0.3) is 5.56 Å². The fraction of sp³-hybridized carbons (Fsp3) is 0.600. The second-order valence-corrected chi connectivity index (χ2v) is 4.38. The van der Waals surface area contributed by atoms with E-state index in [9.17, 15) is 14.7 Å². The lowest BCUT2D eigenvalue weighted by atomic mass is 10.0. The van der Waals surface area contributed by atoms with Crippen LogP contribution in [0.15, 0.2) is 21.9 Å². The number of aliphatic hydroxyl groups is 1. The summed E-state index contributed by atoms with van der Waals surface area (Å²) in [6, 6.07) is 1.23. The monoisotopic (exact) mass is 226 g/mol. The average molecular weight is 226 g/mol. The van der Waals surface area contributed by atoms with E-state index in [0.717, 1.165) is 0 Å². The first kappa shape index (κ1) is 11.1. The topological polar surface area (TPSA) is 84.3 Å². The SMILES string of the molecule is C[C@@H]1C[C@](C)(O)[C@H](n2ccc(=O)[nH]c2=O)O1. The summed E-state index contributed by atoms with van der Waals surface area (Å²) in [5.41, 5.74) is -2.15. The van der Waals surface area contributed by atoms with Gasteiger partial charge in [0.15, 0.2) is 6.23 Å². The highest BCUT2D eigenvalue weighted by molar-refractivity contribution is 4.93. The van der Waals surface area contributed by atoms with Gasteiger partial charge in [-0.3, -0.25) is 14.3 Å². The highest BCUT2D eigenvalue weighted by atomic mass is 16.5. The third-order valence-electron chi connectivity index (χ3n) is 2.70. The number of rotatable bonds is 1. The van der Waals surface area contributed by atoms with Gasteiger partial charge >= 0.3 is 5.69 Å². The molecule has 1 aromatic rings. The highest BCUT2D eigenvalue weighted by Gasteiger charge is 2.43. The molecule has 0 saturated carbocycles. The fourth-order valence-electron chi connectivity index (χ4n) is 2.07. The molecule has 16 heavy (non-hydrogen) atoms. The Labute approximate surface area is 91.5 Å². The van der Waals surface area contributed by atoms with Crippen LogP contribution in [0.1, 0.15) is 26.5 Å². The lowest BCUT2D eigenvalue weighted by molar-refractivity contribution is -0.0812. The zero-order valence-corrected chi connectivity index (χ0v) is 9.14. The molecule has 0 amide bonds. The van der Waals surface area contributed by atoms with Crippen molar-refractivity contribution in [2.75, 3.05) is 0 Å². The minimum Gasteiger partial charge on any atom is -0.385 e. The average Bonchev–Trinajstić information content (AvgIpc) is 2.39. The normalized spacial score (nSPS) is 34.2. The lowest BCUT2D eigenvalue weighted by Crippen LogP contribution is -2.40. The highest BCUT2D eigenvalue weighted by Crippen LogP contribution is 2.36. The maximum absolute atomic E-state index is 11.5. The van der Waals surface area contributed by atoms with E-state index < -0.39 is 23.1 Å². The summed E-state index contributed by atoms with van der Waals surface area (Å²) in [6.45, 7) is 3.43.